The predicted octanol–water partition coefficient (Wildman–Crippen LogP) is 3.00. The van der Waals surface area contributed by atoms with E-state index in [0.717, 1.165) is 34.3 Å². The molecule has 1 aliphatic rings. The van der Waals surface area contributed by atoms with E-state index in [1.54, 1.807) is 0 Å². The van der Waals surface area contributed by atoms with Gasteiger partial charge in [0.05, 0.1) is 4.90 Å². The van der Waals surface area contributed by atoms with Gasteiger partial charge in [0.15, 0.2) is 9.84 Å². The van der Waals surface area contributed by atoms with Gasteiger partial charge in [0.25, 0.3) is 0 Å². The molecular formula is C12H16BrNO2S2. The van der Waals surface area contributed by atoms with Crippen LogP contribution >= 0.6 is 27.7 Å². The molecule has 1 aromatic rings. The van der Waals surface area contributed by atoms with Gasteiger partial charge in [-0.3, -0.25) is 0 Å². The summed E-state index contributed by atoms with van der Waals surface area (Å²) >= 11 is 4.94. The van der Waals surface area contributed by atoms with Crippen molar-refractivity contribution >= 4 is 37.5 Å². The largest absolute Gasteiger partial charge is 0.310 e. The van der Waals surface area contributed by atoms with Crippen LogP contribution in [-0.2, 0) is 9.84 Å². The zero-order chi connectivity index (χ0) is 13.3. The van der Waals surface area contributed by atoms with Crippen LogP contribution in [0.2, 0.25) is 0 Å². The van der Waals surface area contributed by atoms with Crippen molar-refractivity contribution < 1.29 is 8.42 Å². The van der Waals surface area contributed by atoms with Gasteiger partial charge in [-0.2, -0.15) is 0 Å². The number of nitrogens with one attached hydrogen (secondary N) is 1. The SMILES string of the molecule is CSc1c(Br)cc(C2CCCN2)cc1S(C)(=O)=O. The van der Waals surface area contributed by atoms with Crippen LogP contribution in [0.1, 0.15) is 24.4 Å². The summed E-state index contributed by atoms with van der Waals surface area (Å²) in [6.45, 7) is 1.00. The summed E-state index contributed by atoms with van der Waals surface area (Å²) in [7, 11) is -3.20. The highest BCUT2D eigenvalue weighted by Crippen LogP contribution is 2.36. The van der Waals surface area contributed by atoms with Crippen LogP contribution in [0.3, 0.4) is 0 Å². The van der Waals surface area contributed by atoms with Crippen LogP contribution in [0.5, 0.6) is 0 Å². The standard InChI is InChI=1S/C12H16BrNO2S2/c1-17-12-9(13)6-8(10-4-3-5-14-10)7-11(12)18(2,15)16/h6-7,10,14H,3-5H2,1-2H3. The van der Waals surface area contributed by atoms with Gasteiger partial charge in [0.1, 0.15) is 0 Å². The highest BCUT2D eigenvalue weighted by molar-refractivity contribution is 9.10. The summed E-state index contributed by atoms with van der Waals surface area (Å²) in [4.78, 5) is 1.22. The van der Waals surface area contributed by atoms with E-state index in [4.69, 9.17) is 0 Å². The van der Waals surface area contributed by atoms with Gasteiger partial charge >= 0.3 is 0 Å². The Morgan fingerprint density at radius 3 is 2.67 bits per heavy atom. The Hall–Kier alpha value is -0.0400. The van der Waals surface area contributed by atoms with Gasteiger partial charge < -0.3 is 5.32 Å². The smallest absolute Gasteiger partial charge is 0.176 e. The second kappa shape index (κ2) is 5.53. The molecule has 0 amide bonds. The predicted molar refractivity (Wildman–Crippen MR) is 79.0 cm³/mol. The summed E-state index contributed by atoms with van der Waals surface area (Å²) in [6, 6.07) is 4.12. The molecule has 0 aromatic heterocycles. The second-order valence-corrected chi connectivity index (χ2v) is 8.11. The first-order chi connectivity index (χ1) is 8.43. The summed E-state index contributed by atoms with van der Waals surface area (Å²) in [5, 5.41) is 3.39. The molecule has 100 valence electrons. The summed E-state index contributed by atoms with van der Waals surface area (Å²) in [5.41, 5.74) is 1.05. The highest BCUT2D eigenvalue weighted by Gasteiger charge is 2.22. The Bertz CT molecular complexity index is 551. The number of rotatable bonds is 3. The van der Waals surface area contributed by atoms with E-state index in [1.165, 1.54) is 18.0 Å². The first kappa shape index (κ1) is 14.4. The van der Waals surface area contributed by atoms with Crippen molar-refractivity contribution in [2.24, 2.45) is 0 Å². The Morgan fingerprint density at radius 2 is 2.17 bits per heavy atom. The number of hydrogen-bond donors (Lipinski definition) is 1. The van der Waals surface area contributed by atoms with Crippen molar-refractivity contribution in [3.05, 3.63) is 22.2 Å². The number of halogens is 1. The molecule has 0 saturated carbocycles. The lowest BCUT2D eigenvalue weighted by Gasteiger charge is -2.15. The summed E-state index contributed by atoms with van der Waals surface area (Å²) < 4.78 is 24.6. The van der Waals surface area contributed by atoms with Gasteiger partial charge in [-0.25, -0.2) is 8.42 Å². The summed E-state index contributed by atoms with van der Waals surface area (Å²) in [5.74, 6) is 0. The molecule has 18 heavy (non-hydrogen) atoms. The van der Waals surface area contributed by atoms with E-state index in [9.17, 15) is 8.42 Å². The van der Waals surface area contributed by atoms with Crippen molar-refractivity contribution in [1.29, 1.82) is 0 Å². The van der Waals surface area contributed by atoms with Crippen molar-refractivity contribution in [1.82, 2.24) is 5.32 Å². The van der Waals surface area contributed by atoms with Crippen LogP contribution in [0.25, 0.3) is 0 Å². The average molecular weight is 350 g/mol. The highest BCUT2D eigenvalue weighted by atomic mass is 79.9. The maximum absolute atomic E-state index is 11.9. The van der Waals surface area contributed by atoms with E-state index in [0.29, 0.717) is 4.90 Å². The molecule has 0 spiro atoms. The second-order valence-electron chi connectivity index (χ2n) is 4.46. The van der Waals surface area contributed by atoms with Crippen LogP contribution in [0.15, 0.2) is 26.4 Å². The lowest BCUT2D eigenvalue weighted by molar-refractivity contribution is 0.598. The minimum absolute atomic E-state index is 0.276. The Labute approximate surface area is 121 Å². The van der Waals surface area contributed by atoms with Crippen LogP contribution in [0, 0.1) is 0 Å². The normalized spacial score (nSPS) is 20.3. The quantitative estimate of drug-likeness (QED) is 0.852. The van der Waals surface area contributed by atoms with Crippen molar-refractivity contribution in [3.8, 4) is 0 Å². The molecule has 1 saturated heterocycles. The van der Waals surface area contributed by atoms with E-state index in [-0.39, 0.29) is 6.04 Å². The fourth-order valence-corrected chi connectivity index (χ4v) is 5.34. The van der Waals surface area contributed by atoms with Gasteiger partial charge in [0, 0.05) is 21.7 Å². The molecule has 1 aliphatic heterocycles. The molecule has 1 N–H and O–H groups in total. The van der Waals surface area contributed by atoms with E-state index >= 15 is 0 Å². The zero-order valence-corrected chi connectivity index (χ0v) is 13.6. The lowest BCUT2D eigenvalue weighted by Crippen LogP contribution is -2.14. The van der Waals surface area contributed by atoms with Crippen LogP contribution in [0.4, 0.5) is 0 Å². The monoisotopic (exact) mass is 349 g/mol. The van der Waals surface area contributed by atoms with Crippen molar-refractivity contribution in [2.45, 2.75) is 28.7 Å². The third-order valence-electron chi connectivity index (χ3n) is 3.10. The molecule has 3 nitrogen and oxygen atoms in total. The zero-order valence-electron chi connectivity index (χ0n) is 10.4. The Balaban J connectivity index is 2.55. The van der Waals surface area contributed by atoms with Crippen LogP contribution < -0.4 is 5.32 Å². The molecule has 1 atom stereocenters. The molecule has 0 aliphatic carbocycles. The maximum atomic E-state index is 11.9. The maximum Gasteiger partial charge on any atom is 0.176 e. The minimum Gasteiger partial charge on any atom is -0.310 e. The van der Waals surface area contributed by atoms with Gasteiger partial charge in [-0.15, -0.1) is 11.8 Å². The van der Waals surface area contributed by atoms with Gasteiger partial charge in [-0.05, 0) is 59.3 Å². The number of benzene rings is 1. The molecule has 1 aromatic carbocycles. The molecule has 1 heterocycles. The fraction of sp³-hybridized carbons (Fsp3) is 0.500. The molecule has 2 rings (SSSR count). The molecule has 1 unspecified atom stereocenters. The fourth-order valence-electron chi connectivity index (χ4n) is 2.23. The molecule has 1 fully saturated rings. The number of sulfone groups is 1. The van der Waals surface area contributed by atoms with Crippen molar-refractivity contribution in [3.63, 3.8) is 0 Å². The minimum atomic E-state index is -3.20. The van der Waals surface area contributed by atoms with Gasteiger partial charge in [0.2, 0.25) is 0 Å². The molecule has 0 bridgehead atoms. The molecular weight excluding hydrogens is 334 g/mol. The van der Waals surface area contributed by atoms with Crippen LogP contribution in [-0.4, -0.2) is 27.5 Å². The third-order valence-corrected chi connectivity index (χ3v) is 6.08. The average Bonchev–Trinajstić information content (AvgIpc) is 2.80. The lowest BCUT2D eigenvalue weighted by atomic mass is 10.1. The summed E-state index contributed by atoms with van der Waals surface area (Å²) in [6.07, 6.45) is 5.36. The van der Waals surface area contributed by atoms with E-state index in [1.807, 2.05) is 18.4 Å². The van der Waals surface area contributed by atoms with E-state index < -0.39 is 9.84 Å². The van der Waals surface area contributed by atoms with Gasteiger partial charge in [-0.1, -0.05) is 0 Å². The van der Waals surface area contributed by atoms with E-state index in [2.05, 4.69) is 21.2 Å². The first-order valence-corrected chi connectivity index (χ1v) is 9.65. The topological polar surface area (TPSA) is 46.2 Å². The molecule has 0 radical (unpaired) electrons. The first-order valence-electron chi connectivity index (χ1n) is 5.74. The molecule has 6 heteroatoms. The number of hydrogen-bond acceptors (Lipinski definition) is 4. The Kier molecular flexibility index (Phi) is 4.41. The Morgan fingerprint density at radius 1 is 1.44 bits per heavy atom. The number of thioether (sulfide) groups is 1. The third kappa shape index (κ3) is 2.92. The van der Waals surface area contributed by atoms with Crippen molar-refractivity contribution in [2.75, 3.05) is 19.1 Å².